The van der Waals surface area contributed by atoms with Crippen LogP contribution in [0.3, 0.4) is 0 Å². The molecule has 2 bridgehead atoms. The standard InChI is InChI=1S/C34H44F2N4O5/c1-7-8-9-10-11-27(41)45-30-28-32(44)39-20-34(5,33(4,15-14-22(39)3)17-21(2)37-6)40(28)19-25(29(30)42)31(43)38-18-23-12-13-24(35)16-26(23)36/h12-13,16,19,22H,7-11,14-15,17-18,20H2,1-6H3,(H,38,43)/t22-,33+,34+/m0/s1. The Labute approximate surface area is 263 Å². The van der Waals surface area contributed by atoms with E-state index in [4.69, 9.17) is 4.74 Å². The number of carbonyl (C=O) groups excluding carboxylic acids is 3. The Balaban J connectivity index is 1.87. The molecule has 3 atom stereocenters. The molecular weight excluding hydrogens is 582 g/mol. The molecule has 4 rings (SSSR count). The first kappa shape index (κ1) is 34.0. The van der Waals surface area contributed by atoms with Gasteiger partial charge in [-0.25, -0.2) is 8.78 Å². The minimum Gasteiger partial charge on any atom is -0.420 e. The molecule has 0 spiro atoms. The fraction of sp³-hybridized carbons (Fsp3) is 0.559. The first-order valence-electron chi connectivity index (χ1n) is 15.7. The van der Waals surface area contributed by atoms with Crippen molar-refractivity contribution in [1.29, 1.82) is 0 Å². The number of rotatable bonds is 11. The van der Waals surface area contributed by atoms with Gasteiger partial charge in [0.15, 0.2) is 5.69 Å². The van der Waals surface area contributed by atoms with Gasteiger partial charge >= 0.3 is 5.97 Å². The van der Waals surface area contributed by atoms with E-state index in [0.717, 1.165) is 37.5 Å². The van der Waals surface area contributed by atoms with Crippen molar-refractivity contribution in [2.45, 2.75) is 104 Å². The number of benzene rings is 1. The van der Waals surface area contributed by atoms with Crippen LogP contribution in [-0.4, -0.2) is 52.6 Å². The summed E-state index contributed by atoms with van der Waals surface area (Å²) in [6, 6.07) is 2.85. The summed E-state index contributed by atoms with van der Waals surface area (Å²) in [5.41, 5.74) is -1.69. The summed E-state index contributed by atoms with van der Waals surface area (Å²) in [7, 11) is 1.73. The van der Waals surface area contributed by atoms with Crippen molar-refractivity contribution in [3.63, 3.8) is 0 Å². The Morgan fingerprint density at radius 1 is 1.16 bits per heavy atom. The molecule has 1 N–H and O–H groups in total. The molecule has 2 aliphatic heterocycles. The zero-order chi connectivity index (χ0) is 33.1. The molecule has 1 saturated heterocycles. The van der Waals surface area contributed by atoms with E-state index in [2.05, 4.69) is 24.2 Å². The summed E-state index contributed by atoms with van der Waals surface area (Å²) in [4.78, 5) is 60.9. The Hall–Kier alpha value is -3.89. The summed E-state index contributed by atoms with van der Waals surface area (Å²) in [6.07, 6.45) is 6.73. The van der Waals surface area contributed by atoms with E-state index in [1.54, 1.807) is 16.5 Å². The number of esters is 1. The van der Waals surface area contributed by atoms with Gasteiger partial charge in [-0.3, -0.25) is 24.2 Å². The summed E-state index contributed by atoms with van der Waals surface area (Å²) in [5, 5.41) is 2.54. The van der Waals surface area contributed by atoms with Gasteiger partial charge in [0.1, 0.15) is 17.2 Å². The average molecular weight is 627 g/mol. The predicted octanol–water partition coefficient (Wildman–Crippen LogP) is 5.77. The molecule has 2 aromatic rings. The highest BCUT2D eigenvalue weighted by Gasteiger charge is 2.55. The quantitative estimate of drug-likeness (QED) is 0.193. The number of fused-ring (bicyclic) bond motifs is 4. The number of ether oxygens (including phenoxy) is 1. The molecule has 0 aliphatic carbocycles. The van der Waals surface area contributed by atoms with E-state index in [1.807, 2.05) is 20.8 Å². The first-order valence-corrected chi connectivity index (χ1v) is 15.7. The normalized spacial score (nSPS) is 22.9. The Morgan fingerprint density at radius 2 is 1.89 bits per heavy atom. The lowest BCUT2D eigenvalue weighted by Crippen LogP contribution is -2.60. The number of unbranched alkanes of at least 4 members (excludes halogenated alkanes) is 3. The Kier molecular flexibility index (Phi) is 10.3. The summed E-state index contributed by atoms with van der Waals surface area (Å²) < 4.78 is 35.1. The number of nitrogens with one attached hydrogen (secondary N) is 1. The summed E-state index contributed by atoms with van der Waals surface area (Å²) >= 11 is 0. The van der Waals surface area contributed by atoms with Gasteiger partial charge in [-0.15, -0.1) is 0 Å². The van der Waals surface area contributed by atoms with E-state index < -0.39 is 51.6 Å². The highest BCUT2D eigenvalue weighted by atomic mass is 19.1. The molecule has 1 fully saturated rings. The number of amides is 2. The van der Waals surface area contributed by atoms with Gasteiger partial charge in [0.2, 0.25) is 11.2 Å². The number of hydrogen-bond donors (Lipinski definition) is 1. The largest absolute Gasteiger partial charge is 0.420 e. The molecule has 0 unspecified atom stereocenters. The van der Waals surface area contributed by atoms with Gasteiger partial charge < -0.3 is 19.5 Å². The highest BCUT2D eigenvalue weighted by Crippen LogP contribution is 2.51. The number of hydrogen-bond acceptors (Lipinski definition) is 6. The second-order valence-electron chi connectivity index (χ2n) is 12.9. The van der Waals surface area contributed by atoms with Crippen LogP contribution in [0.25, 0.3) is 0 Å². The SMILES string of the molecule is CCCCCCC(=O)Oc1c2n(cc(C(=O)NCc3ccc(F)cc3F)c1=O)[C@]1(C)CN(C2=O)[C@@H](C)CC[C@]1(C)CC(C)=NC. The third-order valence-electron chi connectivity index (χ3n) is 9.76. The van der Waals surface area contributed by atoms with E-state index in [9.17, 15) is 28.0 Å². The molecular formula is C34H44F2N4O5. The molecule has 0 radical (unpaired) electrons. The fourth-order valence-electron chi connectivity index (χ4n) is 6.56. The van der Waals surface area contributed by atoms with Gasteiger partial charge in [0, 0.05) is 56.1 Å². The third-order valence-corrected chi connectivity index (χ3v) is 9.76. The molecule has 0 saturated carbocycles. The van der Waals surface area contributed by atoms with Crippen molar-refractivity contribution in [3.8, 4) is 5.75 Å². The molecule has 1 aromatic heterocycles. The van der Waals surface area contributed by atoms with Crippen LogP contribution < -0.4 is 15.5 Å². The van der Waals surface area contributed by atoms with Crippen molar-refractivity contribution in [2.75, 3.05) is 13.6 Å². The lowest BCUT2D eigenvalue weighted by molar-refractivity contribution is -0.134. The maximum absolute atomic E-state index is 14.3. The highest BCUT2D eigenvalue weighted by molar-refractivity contribution is 6.00. The minimum absolute atomic E-state index is 0.0268. The molecule has 244 valence electrons. The number of nitrogens with zero attached hydrogens (tertiary/aromatic N) is 3. The van der Waals surface area contributed by atoms with Crippen LogP contribution in [0.2, 0.25) is 0 Å². The topological polar surface area (TPSA) is 110 Å². The Bertz CT molecular complexity index is 1570. The Morgan fingerprint density at radius 3 is 2.56 bits per heavy atom. The number of carbonyl (C=O) groups is 3. The molecule has 2 aliphatic rings. The van der Waals surface area contributed by atoms with Crippen molar-refractivity contribution >= 4 is 23.5 Å². The van der Waals surface area contributed by atoms with Crippen LogP contribution in [0.15, 0.2) is 34.2 Å². The molecule has 2 amide bonds. The van der Waals surface area contributed by atoms with Gasteiger partial charge in [-0.1, -0.05) is 39.2 Å². The van der Waals surface area contributed by atoms with Gasteiger partial charge in [-0.05, 0) is 57.9 Å². The number of aliphatic imine (C=N–C) groups is 1. The zero-order valence-corrected chi connectivity index (χ0v) is 27.1. The van der Waals surface area contributed by atoms with E-state index in [0.29, 0.717) is 31.9 Å². The predicted molar refractivity (Wildman–Crippen MR) is 168 cm³/mol. The monoisotopic (exact) mass is 626 g/mol. The third kappa shape index (κ3) is 6.72. The zero-order valence-electron chi connectivity index (χ0n) is 27.1. The van der Waals surface area contributed by atoms with Crippen LogP contribution in [0.5, 0.6) is 5.75 Å². The maximum atomic E-state index is 14.3. The number of aromatic nitrogens is 1. The van der Waals surface area contributed by atoms with Gasteiger partial charge in [0.05, 0.1) is 5.54 Å². The van der Waals surface area contributed by atoms with Crippen molar-refractivity contribution in [1.82, 2.24) is 14.8 Å². The van der Waals surface area contributed by atoms with Crippen molar-refractivity contribution in [2.24, 2.45) is 10.4 Å². The average Bonchev–Trinajstić information content (AvgIpc) is 3.08. The second kappa shape index (κ2) is 13.6. The molecule has 9 nitrogen and oxygen atoms in total. The lowest BCUT2D eigenvalue weighted by atomic mass is 9.65. The van der Waals surface area contributed by atoms with Gasteiger partial charge in [-0.2, -0.15) is 0 Å². The van der Waals surface area contributed by atoms with Crippen LogP contribution in [-0.2, 0) is 16.9 Å². The number of halogens is 2. The van der Waals surface area contributed by atoms with Crippen LogP contribution in [0, 0.1) is 17.0 Å². The second-order valence-corrected chi connectivity index (χ2v) is 12.9. The van der Waals surface area contributed by atoms with Crippen molar-refractivity contribution in [3.05, 3.63) is 63.1 Å². The minimum atomic E-state index is -0.905. The molecule has 3 heterocycles. The van der Waals surface area contributed by atoms with Crippen LogP contribution >= 0.6 is 0 Å². The lowest BCUT2D eigenvalue weighted by Gasteiger charge is -2.52. The van der Waals surface area contributed by atoms with E-state index in [-0.39, 0.29) is 35.8 Å². The van der Waals surface area contributed by atoms with E-state index in [1.165, 1.54) is 12.3 Å². The first-order chi connectivity index (χ1) is 21.3. The molecule has 45 heavy (non-hydrogen) atoms. The number of pyridine rings is 1. The molecule has 11 heteroatoms. The van der Waals surface area contributed by atoms with Crippen LogP contribution in [0.1, 0.15) is 112 Å². The smallest absolute Gasteiger partial charge is 0.311 e. The fourth-order valence-corrected chi connectivity index (χ4v) is 6.56. The molecule has 1 aromatic carbocycles. The van der Waals surface area contributed by atoms with Crippen LogP contribution in [0.4, 0.5) is 8.78 Å². The van der Waals surface area contributed by atoms with Crippen molar-refractivity contribution < 1.29 is 27.9 Å². The van der Waals surface area contributed by atoms with Gasteiger partial charge in [0.25, 0.3) is 11.8 Å². The summed E-state index contributed by atoms with van der Waals surface area (Å²) in [5.74, 6) is -4.03. The summed E-state index contributed by atoms with van der Waals surface area (Å²) in [6.45, 7) is 10.1. The maximum Gasteiger partial charge on any atom is 0.311 e. The van der Waals surface area contributed by atoms with E-state index >= 15 is 0 Å².